The number of nitrogens with zero attached hydrogens (tertiary/aromatic N) is 4. The van der Waals surface area contributed by atoms with E-state index in [0.29, 0.717) is 23.8 Å². The van der Waals surface area contributed by atoms with Crippen molar-refractivity contribution in [3.63, 3.8) is 0 Å². The minimum Gasteiger partial charge on any atom is -0.462 e. The number of fused-ring (bicyclic) bond motifs is 1. The molecule has 1 atom stereocenters. The fourth-order valence-corrected chi connectivity index (χ4v) is 3.37. The first-order valence-corrected chi connectivity index (χ1v) is 9.95. The molecule has 0 saturated heterocycles. The van der Waals surface area contributed by atoms with Gasteiger partial charge in [-0.3, -0.25) is 0 Å². The van der Waals surface area contributed by atoms with E-state index in [1.807, 2.05) is 37.4 Å². The molecule has 1 aliphatic rings. The highest BCUT2D eigenvalue weighted by Gasteiger charge is 2.34. The van der Waals surface area contributed by atoms with Crippen LogP contribution in [0.2, 0.25) is 0 Å². The molecule has 8 heteroatoms. The lowest BCUT2D eigenvalue weighted by molar-refractivity contribution is -0.139. The summed E-state index contributed by atoms with van der Waals surface area (Å²) in [4.78, 5) is 14.0. The molecular weight excluding hydrogens is 350 g/mol. The molecule has 7 nitrogen and oxygen atoms in total. The highest BCUT2D eigenvalue weighted by molar-refractivity contribution is 7.98. The summed E-state index contributed by atoms with van der Waals surface area (Å²) in [6.07, 6.45) is 5.02. The van der Waals surface area contributed by atoms with E-state index in [1.54, 1.807) is 16.4 Å². The molecule has 0 bridgehead atoms. The molecule has 0 radical (unpaired) electrons. The van der Waals surface area contributed by atoms with Crippen LogP contribution in [0.15, 0.2) is 40.4 Å². The Morgan fingerprint density at radius 2 is 2.08 bits per heavy atom. The molecule has 0 saturated carbocycles. The highest BCUT2D eigenvalue weighted by Crippen LogP contribution is 2.35. The van der Waals surface area contributed by atoms with Gasteiger partial charge < -0.3 is 10.1 Å². The van der Waals surface area contributed by atoms with Gasteiger partial charge in [-0.05, 0) is 47.7 Å². The van der Waals surface area contributed by atoms with Crippen LogP contribution in [-0.2, 0) is 9.53 Å². The first-order chi connectivity index (χ1) is 12.7. The van der Waals surface area contributed by atoms with Gasteiger partial charge in [-0.1, -0.05) is 37.0 Å². The summed E-state index contributed by atoms with van der Waals surface area (Å²) in [6.45, 7) is 4.39. The van der Waals surface area contributed by atoms with Crippen molar-refractivity contribution in [2.45, 2.75) is 44.0 Å². The number of thioether (sulfide) groups is 1. The molecule has 1 aliphatic heterocycles. The maximum Gasteiger partial charge on any atom is 0.338 e. The Hall–Kier alpha value is -2.35. The zero-order chi connectivity index (χ0) is 18.5. The van der Waals surface area contributed by atoms with E-state index in [1.165, 1.54) is 0 Å². The summed E-state index contributed by atoms with van der Waals surface area (Å²) in [5.41, 5.74) is 2.20. The maximum absolute atomic E-state index is 12.8. The van der Waals surface area contributed by atoms with Gasteiger partial charge in [0.1, 0.15) is 6.04 Å². The van der Waals surface area contributed by atoms with Gasteiger partial charge in [0.25, 0.3) is 0 Å². The van der Waals surface area contributed by atoms with Crippen LogP contribution in [0.1, 0.15) is 44.7 Å². The van der Waals surface area contributed by atoms with Crippen molar-refractivity contribution < 1.29 is 9.53 Å². The van der Waals surface area contributed by atoms with Crippen LogP contribution < -0.4 is 5.32 Å². The van der Waals surface area contributed by atoms with Crippen LogP contribution in [0.3, 0.4) is 0 Å². The largest absolute Gasteiger partial charge is 0.462 e. The Labute approximate surface area is 157 Å². The predicted octanol–water partition coefficient (Wildman–Crippen LogP) is 3.42. The van der Waals surface area contributed by atoms with Crippen LogP contribution in [0.4, 0.5) is 5.95 Å². The first kappa shape index (κ1) is 18.4. The average Bonchev–Trinajstić information content (AvgIpc) is 3.12. The second-order valence-electron chi connectivity index (χ2n) is 6.13. The number of carbonyl (C=O) groups excluding carboxylic acids is 1. The van der Waals surface area contributed by atoms with E-state index < -0.39 is 6.04 Å². The number of rotatable bonds is 7. The van der Waals surface area contributed by atoms with Crippen molar-refractivity contribution in [1.82, 2.24) is 20.2 Å². The van der Waals surface area contributed by atoms with Gasteiger partial charge in [0.05, 0.1) is 12.2 Å². The fourth-order valence-electron chi connectivity index (χ4n) is 2.97. The van der Waals surface area contributed by atoms with Crippen molar-refractivity contribution in [1.29, 1.82) is 0 Å². The quantitative estimate of drug-likeness (QED) is 0.452. The molecule has 0 amide bonds. The van der Waals surface area contributed by atoms with Crippen LogP contribution in [0.5, 0.6) is 0 Å². The number of esters is 1. The zero-order valence-corrected chi connectivity index (χ0v) is 16.0. The smallest absolute Gasteiger partial charge is 0.338 e. The van der Waals surface area contributed by atoms with Gasteiger partial charge in [-0.25, -0.2) is 4.79 Å². The Morgan fingerprint density at radius 1 is 1.31 bits per heavy atom. The number of hydrogen-bond donors (Lipinski definition) is 1. The lowest BCUT2D eigenvalue weighted by atomic mass is 9.96. The van der Waals surface area contributed by atoms with Crippen molar-refractivity contribution >= 4 is 23.7 Å². The van der Waals surface area contributed by atoms with E-state index in [4.69, 9.17) is 4.74 Å². The summed E-state index contributed by atoms with van der Waals surface area (Å²) in [7, 11) is 0. The zero-order valence-electron chi connectivity index (χ0n) is 15.2. The number of benzene rings is 1. The number of tetrazole rings is 1. The molecule has 0 spiro atoms. The summed E-state index contributed by atoms with van der Waals surface area (Å²) in [5, 5.41) is 14.9. The standard InChI is InChI=1S/C18H23N5O2S/c1-4-5-6-11-25-17(24)15-12(2)19-18-20-21-22-23(18)16(15)13-7-9-14(26-3)10-8-13/h7-10,16H,4-6,11H2,1-3H3,(H,19,20,22)/t16-/m1/s1. The Morgan fingerprint density at radius 3 is 2.77 bits per heavy atom. The van der Waals surface area contributed by atoms with E-state index >= 15 is 0 Å². The number of ether oxygens (including phenoxy) is 1. The van der Waals surface area contributed by atoms with Gasteiger partial charge >= 0.3 is 5.97 Å². The van der Waals surface area contributed by atoms with Crippen molar-refractivity contribution in [3.05, 3.63) is 41.1 Å². The molecule has 1 N–H and O–H groups in total. The molecular formula is C18H23N5O2S. The summed E-state index contributed by atoms with van der Waals surface area (Å²) >= 11 is 1.67. The molecule has 0 fully saturated rings. The molecule has 0 aliphatic carbocycles. The number of unbranched alkanes of at least 4 members (excludes halogenated alkanes) is 2. The Kier molecular flexibility index (Phi) is 5.92. The van der Waals surface area contributed by atoms with Crippen molar-refractivity contribution in [3.8, 4) is 0 Å². The normalized spacial score (nSPS) is 16.2. The van der Waals surface area contributed by atoms with Gasteiger partial charge in [0.2, 0.25) is 5.95 Å². The minimum absolute atomic E-state index is 0.328. The van der Waals surface area contributed by atoms with Crippen LogP contribution in [-0.4, -0.2) is 39.0 Å². The lowest BCUT2D eigenvalue weighted by Crippen LogP contribution is -2.29. The summed E-state index contributed by atoms with van der Waals surface area (Å²) in [6, 6.07) is 7.67. The predicted molar refractivity (Wildman–Crippen MR) is 101 cm³/mol. The van der Waals surface area contributed by atoms with Crippen LogP contribution in [0.25, 0.3) is 0 Å². The first-order valence-electron chi connectivity index (χ1n) is 8.72. The number of nitrogens with one attached hydrogen (secondary N) is 1. The van der Waals surface area contributed by atoms with Gasteiger partial charge in [-0.2, -0.15) is 4.68 Å². The van der Waals surface area contributed by atoms with Crippen LogP contribution in [0, 0.1) is 0 Å². The molecule has 1 aromatic carbocycles. The topological polar surface area (TPSA) is 81.9 Å². The molecule has 0 unspecified atom stereocenters. The average molecular weight is 373 g/mol. The Bertz CT molecular complexity index is 800. The number of carbonyl (C=O) groups is 1. The Balaban J connectivity index is 1.92. The third-order valence-corrected chi connectivity index (χ3v) is 5.09. The number of aromatic nitrogens is 4. The second-order valence-corrected chi connectivity index (χ2v) is 7.01. The summed E-state index contributed by atoms with van der Waals surface area (Å²) in [5.74, 6) is 0.190. The minimum atomic E-state index is -0.407. The third kappa shape index (κ3) is 3.75. The van der Waals surface area contributed by atoms with Gasteiger partial charge in [0.15, 0.2) is 0 Å². The molecule has 2 aromatic rings. The number of anilines is 1. The SMILES string of the molecule is CCCCCOC(=O)C1=C(C)Nc2nnnn2[C@@H]1c1ccc(SC)cc1. The number of hydrogen-bond acceptors (Lipinski definition) is 7. The number of allylic oxidation sites excluding steroid dienone is 1. The molecule has 3 rings (SSSR count). The third-order valence-electron chi connectivity index (χ3n) is 4.35. The van der Waals surface area contributed by atoms with Crippen molar-refractivity contribution in [2.75, 3.05) is 18.2 Å². The summed E-state index contributed by atoms with van der Waals surface area (Å²) < 4.78 is 7.15. The molecule has 2 heterocycles. The maximum atomic E-state index is 12.8. The molecule has 138 valence electrons. The van der Waals surface area contributed by atoms with Crippen molar-refractivity contribution in [2.24, 2.45) is 0 Å². The van der Waals surface area contributed by atoms with Gasteiger partial charge in [-0.15, -0.1) is 11.8 Å². The molecule has 1 aromatic heterocycles. The van der Waals surface area contributed by atoms with Gasteiger partial charge in [0, 0.05) is 10.6 Å². The van der Waals surface area contributed by atoms with Crippen LogP contribution >= 0.6 is 11.8 Å². The monoisotopic (exact) mass is 373 g/mol. The molecule has 26 heavy (non-hydrogen) atoms. The fraction of sp³-hybridized carbons (Fsp3) is 0.444. The van der Waals surface area contributed by atoms with E-state index in [9.17, 15) is 4.79 Å². The lowest BCUT2D eigenvalue weighted by Gasteiger charge is -2.27. The highest BCUT2D eigenvalue weighted by atomic mass is 32.2. The van der Waals surface area contributed by atoms with E-state index in [2.05, 4.69) is 27.8 Å². The second kappa shape index (κ2) is 8.35. The van der Waals surface area contributed by atoms with E-state index in [-0.39, 0.29) is 5.97 Å². The van der Waals surface area contributed by atoms with E-state index in [0.717, 1.165) is 29.7 Å².